The van der Waals surface area contributed by atoms with Crippen LogP contribution in [-0.2, 0) is 16.1 Å². The molecule has 3 aromatic rings. The van der Waals surface area contributed by atoms with Crippen molar-refractivity contribution in [1.82, 2.24) is 5.32 Å². The molecule has 0 amide bonds. The summed E-state index contributed by atoms with van der Waals surface area (Å²) < 4.78 is 16.8. The fraction of sp³-hybridized carbons (Fsp3) is 0.172. The Kier molecular flexibility index (Phi) is 6.71. The number of nitrogens with one attached hydrogen (secondary N) is 1. The zero-order valence-corrected chi connectivity index (χ0v) is 21.9. The average Bonchev–Trinajstić information content (AvgIpc) is 3.18. The van der Waals surface area contributed by atoms with Crippen LogP contribution in [-0.4, -0.2) is 26.0 Å². The minimum absolute atomic E-state index is 0.161. The van der Waals surface area contributed by atoms with Crippen LogP contribution >= 0.6 is 23.2 Å². The molecule has 0 radical (unpaired) electrons. The van der Waals surface area contributed by atoms with Crippen LogP contribution in [0.4, 0.5) is 0 Å². The number of hydrogen-bond donors (Lipinski definition) is 1. The van der Waals surface area contributed by atoms with Gasteiger partial charge in [-0.15, -0.1) is 0 Å². The van der Waals surface area contributed by atoms with Crippen molar-refractivity contribution in [1.29, 1.82) is 0 Å². The number of halogens is 2. The number of carbonyl (C=O) groups is 2. The Hall–Kier alpha value is -3.74. The van der Waals surface area contributed by atoms with Gasteiger partial charge in [-0.2, -0.15) is 0 Å². The first-order valence-corrected chi connectivity index (χ1v) is 12.3. The number of Topliss-reactive ketones (excluding diaryl/α,β-unsaturated/α-hetero) is 1. The maximum atomic E-state index is 13.6. The lowest BCUT2D eigenvalue weighted by atomic mass is 9.79. The van der Waals surface area contributed by atoms with Gasteiger partial charge in [-0.05, 0) is 30.7 Å². The van der Waals surface area contributed by atoms with Gasteiger partial charge in [-0.3, -0.25) is 4.79 Å². The third-order valence-electron chi connectivity index (χ3n) is 6.57. The largest absolute Gasteiger partial charge is 0.493 e. The Morgan fingerprint density at radius 1 is 0.973 bits per heavy atom. The molecule has 37 heavy (non-hydrogen) atoms. The van der Waals surface area contributed by atoms with E-state index in [-0.39, 0.29) is 17.4 Å². The van der Waals surface area contributed by atoms with E-state index in [1.54, 1.807) is 31.2 Å². The molecule has 0 spiro atoms. The van der Waals surface area contributed by atoms with Gasteiger partial charge in [0, 0.05) is 38.9 Å². The van der Waals surface area contributed by atoms with Gasteiger partial charge < -0.3 is 19.5 Å². The number of dihydropyridines is 1. The fourth-order valence-electron chi connectivity index (χ4n) is 4.85. The predicted molar refractivity (Wildman–Crippen MR) is 142 cm³/mol. The molecule has 0 saturated heterocycles. The predicted octanol–water partition coefficient (Wildman–Crippen LogP) is 6.32. The molecule has 1 aliphatic heterocycles. The first-order valence-electron chi connectivity index (χ1n) is 11.5. The summed E-state index contributed by atoms with van der Waals surface area (Å²) in [5.74, 6) is -0.740. The molecule has 6 nitrogen and oxygen atoms in total. The van der Waals surface area contributed by atoms with Crippen LogP contribution < -0.4 is 14.8 Å². The van der Waals surface area contributed by atoms with Crippen LogP contribution in [0.15, 0.2) is 77.5 Å². The molecule has 0 fully saturated rings. The van der Waals surface area contributed by atoms with Crippen molar-refractivity contribution in [2.75, 3.05) is 14.2 Å². The maximum Gasteiger partial charge on any atom is 0.336 e. The molecular formula is C29H23Cl2NO5. The Balaban J connectivity index is 1.61. The summed E-state index contributed by atoms with van der Waals surface area (Å²) >= 11 is 13.0. The Morgan fingerprint density at radius 3 is 2.38 bits per heavy atom. The highest BCUT2D eigenvalue weighted by molar-refractivity contribution is 6.32. The second-order valence-corrected chi connectivity index (χ2v) is 9.48. The molecule has 0 aromatic heterocycles. The minimum Gasteiger partial charge on any atom is -0.493 e. The molecule has 1 heterocycles. The summed E-state index contributed by atoms with van der Waals surface area (Å²) in [7, 11) is 2.82. The number of esters is 1. The second-order valence-electron chi connectivity index (χ2n) is 8.67. The van der Waals surface area contributed by atoms with Crippen LogP contribution in [0.2, 0.25) is 10.0 Å². The summed E-state index contributed by atoms with van der Waals surface area (Å²) in [6.45, 7) is 1.96. The number of fused-ring (bicyclic) bond motifs is 2. The molecule has 1 aliphatic carbocycles. The third kappa shape index (κ3) is 4.26. The first-order chi connectivity index (χ1) is 17.8. The second kappa shape index (κ2) is 9.96. The lowest BCUT2D eigenvalue weighted by Crippen LogP contribution is -2.29. The van der Waals surface area contributed by atoms with Crippen LogP contribution in [0.5, 0.6) is 11.5 Å². The Morgan fingerprint density at radius 2 is 1.68 bits per heavy atom. The van der Waals surface area contributed by atoms with Gasteiger partial charge in [0.2, 0.25) is 0 Å². The van der Waals surface area contributed by atoms with Crippen molar-refractivity contribution in [3.05, 3.63) is 110 Å². The van der Waals surface area contributed by atoms with Crippen molar-refractivity contribution < 1.29 is 23.8 Å². The molecule has 3 aromatic carbocycles. The topological polar surface area (TPSA) is 73.9 Å². The van der Waals surface area contributed by atoms with E-state index < -0.39 is 11.9 Å². The first kappa shape index (κ1) is 24.9. The monoisotopic (exact) mass is 535 g/mol. The quantitative estimate of drug-likeness (QED) is 0.372. The number of rotatable bonds is 6. The number of ketones is 1. The molecule has 2 aliphatic rings. The van der Waals surface area contributed by atoms with Crippen molar-refractivity contribution in [3.63, 3.8) is 0 Å². The van der Waals surface area contributed by atoms with E-state index in [1.807, 2.05) is 36.4 Å². The number of allylic oxidation sites excluding steroid dienone is 2. The van der Waals surface area contributed by atoms with Gasteiger partial charge in [0.15, 0.2) is 17.3 Å². The van der Waals surface area contributed by atoms with Gasteiger partial charge in [0.25, 0.3) is 0 Å². The molecule has 0 bridgehead atoms. The lowest BCUT2D eigenvalue weighted by Gasteiger charge is -2.29. The normalized spacial score (nSPS) is 16.2. The van der Waals surface area contributed by atoms with Crippen LogP contribution in [0.1, 0.15) is 39.9 Å². The standard InChI is InChI=1S/C29H23Cl2NO5/c1-15-23(29(34)36-3)24(25-26(32-15)18-9-5-6-10-19(18)27(25)33)17-12-21(31)28(22(13-17)35-2)37-14-16-8-4-7-11-20(16)30/h4-13,24,32H,14H2,1-3H3. The number of hydrogen-bond acceptors (Lipinski definition) is 6. The van der Waals surface area contributed by atoms with Crippen LogP contribution in [0, 0.1) is 0 Å². The molecule has 188 valence electrons. The van der Waals surface area contributed by atoms with Gasteiger partial charge in [0.05, 0.1) is 30.5 Å². The Bertz CT molecular complexity index is 1510. The van der Waals surface area contributed by atoms with E-state index in [1.165, 1.54) is 14.2 Å². The van der Waals surface area contributed by atoms with Crippen LogP contribution in [0.3, 0.4) is 0 Å². The minimum atomic E-state index is -0.729. The molecule has 0 saturated carbocycles. The van der Waals surface area contributed by atoms with Gasteiger partial charge in [0.1, 0.15) is 6.61 Å². The molecule has 5 rings (SSSR count). The van der Waals surface area contributed by atoms with E-state index in [0.29, 0.717) is 50.2 Å². The molecule has 1 atom stereocenters. The number of carbonyl (C=O) groups excluding carboxylic acids is 2. The highest BCUT2D eigenvalue weighted by Crippen LogP contribution is 2.49. The molecule has 8 heteroatoms. The number of benzene rings is 3. The van der Waals surface area contributed by atoms with Crippen molar-refractivity contribution in [3.8, 4) is 11.5 Å². The van der Waals surface area contributed by atoms with Crippen LogP contribution in [0.25, 0.3) is 5.70 Å². The van der Waals surface area contributed by atoms with Gasteiger partial charge in [-0.1, -0.05) is 65.7 Å². The van der Waals surface area contributed by atoms with Crippen molar-refractivity contribution >= 4 is 40.7 Å². The number of methoxy groups -OCH3 is 2. The summed E-state index contributed by atoms with van der Waals surface area (Å²) in [4.78, 5) is 26.6. The summed E-state index contributed by atoms with van der Waals surface area (Å²) in [5.41, 5.74) is 4.79. The molecular weight excluding hydrogens is 513 g/mol. The smallest absolute Gasteiger partial charge is 0.336 e. The van der Waals surface area contributed by atoms with E-state index in [0.717, 1.165) is 11.1 Å². The van der Waals surface area contributed by atoms with Crippen molar-refractivity contribution in [2.45, 2.75) is 19.4 Å². The van der Waals surface area contributed by atoms with E-state index in [2.05, 4.69) is 5.32 Å². The molecule has 1 N–H and O–H groups in total. The zero-order chi connectivity index (χ0) is 26.3. The Labute approximate surface area is 224 Å². The van der Waals surface area contributed by atoms with E-state index in [4.69, 9.17) is 37.4 Å². The lowest BCUT2D eigenvalue weighted by molar-refractivity contribution is -0.136. The molecule has 1 unspecified atom stereocenters. The average molecular weight is 536 g/mol. The summed E-state index contributed by atoms with van der Waals surface area (Å²) in [6.07, 6.45) is 0. The maximum absolute atomic E-state index is 13.6. The van der Waals surface area contributed by atoms with Gasteiger partial charge >= 0.3 is 5.97 Å². The third-order valence-corrected chi connectivity index (χ3v) is 7.22. The van der Waals surface area contributed by atoms with E-state index in [9.17, 15) is 9.59 Å². The zero-order valence-electron chi connectivity index (χ0n) is 20.4. The van der Waals surface area contributed by atoms with E-state index >= 15 is 0 Å². The highest BCUT2D eigenvalue weighted by atomic mass is 35.5. The van der Waals surface area contributed by atoms with Gasteiger partial charge in [-0.25, -0.2) is 4.79 Å². The fourth-order valence-corrected chi connectivity index (χ4v) is 5.32. The summed E-state index contributed by atoms with van der Waals surface area (Å²) in [6, 6.07) is 18.1. The van der Waals surface area contributed by atoms with Crippen molar-refractivity contribution in [2.24, 2.45) is 0 Å². The SMILES string of the molecule is COC(=O)C1=C(C)NC2=C(C(=O)c3ccccc32)C1c1cc(Cl)c(OCc2ccccc2Cl)c(OC)c1. The summed E-state index contributed by atoms with van der Waals surface area (Å²) in [5, 5.41) is 4.11. The highest BCUT2D eigenvalue weighted by Gasteiger charge is 2.43. The number of ether oxygens (including phenoxy) is 3.